The topological polar surface area (TPSA) is 68.0 Å². The molecule has 1 atom stereocenters. The van der Waals surface area contributed by atoms with E-state index in [0.29, 0.717) is 18.9 Å². The fraction of sp³-hybridized carbons (Fsp3) is 0.682. The molecular weight excluding hydrogens is 338 g/mol. The van der Waals surface area contributed by atoms with Gasteiger partial charge in [0.15, 0.2) is 6.40 Å². The number of hydrogen-bond acceptors (Lipinski definition) is 4. The van der Waals surface area contributed by atoms with Crippen LogP contribution in [-0.4, -0.2) is 21.9 Å². The summed E-state index contributed by atoms with van der Waals surface area (Å²) in [6.07, 6.45) is 25.8. The highest BCUT2D eigenvalue weighted by Crippen LogP contribution is 2.20. The molecule has 0 saturated heterocycles. The average molecular weight is 376 g/mol. The van der Waals surface area contributed by atoms with Crippen molar-refractivity contribution < 1.29 is 9.53 Å². The lowest BCUT2D eigenvalue weighted by atomic mass is 10.0. The molecule has 1 aromatic rings. The van der Waals surface area contributed by atoms with E-state index in [4.69, 9.17) is 5.41 Å². The molecule has 0 radical (unpaired) electrons. The first-order valence-corrected chi connectivity index (χ1v) is 10.6. The second-order valence-electron chi connectivity index (χ2n) is 7.13. The lowest BCUT2D eigenvalue weighted by Gasteiger charge is -2.16. The van der Waals surface area contributed by atoms with Gasteiger partial charge in [-0.25, -0.2) is 4.98 Å². The van der Waals surface area contributed by atoms with Gasteiger partial charge in [-0.3, -0.25) is 10.2 Å². The maximum absolute atomic E-state index is 11.1. The fourth-order valence-corrected chi connectivity index (χ4v) is 3.24. The number of esters is 1. The van der Waals surface area contributed by atoms with Crippen molar-refractivity contribution in [3.05, 3.63) is 30.9 Å². The van der Waals surface area contributed by atoms with E-state index < -0.39 is 0 Å². The Morgan fingerprint density at radius 3 is 2.63 bits per heavy atom. The normalized spacial score (nSPS) is 12.3. The third-order valence-electron chi connectivity index (χ3n) is 4.85. The highest BCUT2D eigenvalue weighted by atomic mass is 16.5. The molecule has 0 amide bonds. The Bertz CT molecular complexity index is 512. The zero-order valence-electron chi connectivity index (χ0n) is 16.9. The number of nitrogens with one attached hydrogen (secondary N) is 1. The van der Waals surface area contributed by atoms with Gasteiger partial charge in [0, 0.05) is 24.9 Å². The molecule has 0 aliphatic carbocycles. The van der Waals surface area contributed by atoms with Gasteiger partial charge >= 0.3 is 5.97 Å². The lowest BCUT2D eigenvalue weighted by Crippen LogP contribution is -2.06. The Morgan fingerprint density at radius 2 is 1.89 bits per heavy atom. The van der Waals surface area contributed by atoms with Crippen LogP contribution in [0, 0.1) is 5.41 Å². The molecule has 5 nitrogen and oxygen atoms in total. The van der Waals surface area contributed by atoms with E-state index in [0.717, 1.165) is 32.1 Å². The molecule has 0 spiro atoms. The summed E-state index contributed by atoms with van der Waals surface area (Å²) in [6, 6.07) is 0.529. The molecule has 0 aliphatic heterocycles. The first-order chi connectivity index (χ1) is 13.3. The molecule has 1 aromatic heterocycles. The van der Waals surface area contributed by atoms with Crippen molar-refractivity contribution in [1.29, 1.82) is 5.41 Å². The molecule has 5 heteroatoms. The Hall–Kier alpha value is -1.91. The van der Waals surface area contributed by atoms with E-state index in [2.05, 4.69) is 39.6 Å². The van der Waals surface area contributed by atoms with E-state index in [1.54, 1.807) is 0 Å². The number of aromatic nitrogens is 2. The molecule has 1 heterocycles. The predicted molar refractivity (Wildman–Crippen MR) is 111 cm³/mol. The van der Waals surface area contributed by atoms with Crippen LogP contribution >= 0.6 is 0 Å². The monoisotopic (exact) mass is 375 g/mol. The van der Waals surface area contributed by atoms with Crippen LogP contribution < -0.4 is 0 Å². The summed E-state index contributed by atoms with van der Waals surface area (Å²) in [5, 5.41) is 6.70. The van der Waals surface area contributed by atoms with Crippen LogP contribution in [0.15, 0.2) is 30.9 Å². The number of imidazole rings is 1. The minimum absolute atomic E-state index is 0.296. The summed E-state index contributed by atoms with van der Waals surface area (Å²) in [7, 11) is 0. The van der Waals surface area contributed by atoms with Crippen LogP contribution in [0.5, 0.6) is 0 Å². The zero-order chi connectivity index (χ0) is 19.6. The van der Waals surface area contributed by atoms with Crippen molar-refractivity contribution >= 4 is 12.4 Å². The highest BCUT2D eigenvalue weighted by molar-refractivity contribution is 5.76. The van der Waals surface area contributed by atoms with Crippen LogP contribution in [0.2, 0.25) is 0 Å². The smallest absolute Gasteiger partial charge is 0.312 e. The van der Waals surface area contributed by atoms with Gasteiger partial charge in [0.2, 0.25) is 0 Å². The quantitative estimate of drug-likeness (QED) is 0.115. The Labute approximate surface area is 164 Å². The third kappa shape index (κ3) is 12.2. The molecule has 1 rings (SSSR count). The van der Waals surface area contributed by atoms with Gasteiger partial charge in [-0.1, -0.05) is 64.0 Å². The van der Waals surface area contributed by atoms with E-state index in [1.165, 1.54) is 44.9 Å². The van der Waals surface area contributed by atoms with Gasteiger partial charge < -0.3 is 9.30 Å². The number of carbonyl (C=O) groups excluding carboxylic acids is 1. The van der Waals surface area contributed by atoms with Crippen molar-refractivity contribution in [1.82, 2.24) is 9.55 Å². The average Bonchev–Trinajstić information content (AvgIpc) is 3.19. The molecule has 0 saturated carbocycles. The molecule has 0 aliphatic rings. The molecule has 152 valence electrons. The first-order valence-electron chi connectivity index (χ1n) is 10.6. The van der Waals surface area contributed by atoms with Crippen LogP contribution in [-0.2, 0) is 9.53 Å². The molecular formula is C22H37N3O2. The molecule has 1 N–H and O–H groups in total. The molecule has 0 aromatic carbocycles. The maximum Gasteiger partial charge on any atom is 0.312 e. The number of allylic oxidation sites excluding steroid dienone is 2. The molecule has 0 unspecified atom stereocenters. The van der Waals surface area contributed by atoms with Gasteiger partial charge in [0.25, 0.3) is 0 Å². The number of nitrogens with zero attached hydrogens (tertiary/aromatic N) is 2. The lowest BCUT2D eigenvalue weighted by molar-refractivity contribution is -0.135. The van der Waals surface area contributed by atoms with Crippen molar-refractivity contribution in [2.45, 2.75) is 96.4 Å². The van der Waals surface area contributed by atoms with Gasteiger partial charge in [0.1, 0.15) is 0 Å². The standard InChI is InChI=1S/C22H37N3O2/c1-2-3-4-11-14-21(25-18-17-24-20-25)15-12-9-7-5-6-8-10-13-16-22(26)27-19-23/h9,12,17-21,23H,2-8,10-11,13-16H2,1H3/b12-9-,23-19?/t21-/m0/s1. The minimum Gasteiger partial charge on any atom is -0.415 e. The number of ether oxygens (including phenoxy) is 1. The van der Waals surface area contributed by atoms with Crippen LogP contribution in [0.1, 0.15) is 96.4 Å². The van der Waals surface area contributed by atoms with Crippen molar-refractivity contribution in [2.75, 3.05) is 0 Å². The summed E-state index contributed by atoms with van der Waals surface area (Å²) in [5.74, 6) is -0.296. The van der Waals surface area contributed by atoms with E-state index in [9.17, 15) is 4.79 Å². The first kappa shape index (κ1) is 23.1. The van der Waals surface area contributed by atoms with Gasteiger partial charge in [-0.2, -0.15) is 0 Å². The van der Waals surface area contributed by atoms with Crippen LogP contribution in [0.3, 0.4) is 0 Å². The van der Waals surface area contributed by atoms with Gasteiger partial charge in [-0.05, 0) is 32.1 Å². The second kappa shape index (κ2) is 16.3. The number of hydrogen-bond donors (Lipinski definition) is 1. The van der Waals surface area contributed by atoms with Crippen LogP contribution in [0.4, 0.5) is 0 Å². The van der Waals surface area contributed by atoms with E-state index in [-0.39, 0.29) is 5.97 Å². The summed E-state index contributed by atoms with van der Waals surface area (Å²) in [5.41, 5.74) is 0. The zero-order valence-corrected chi connectivity index (χ0v) is 16.9. The summed E-state index contributed by atoms with van der Waals surface area (Å²) >= 11 is 0. The highest BCUT2D eigenvalue weighted by Gasteiger charge is 2.08. The molecule has 27 heavy (non-hydrogen) atoms. The number of rotatable bonds is 17. The van der Waals surface area contributed by atoms with Crippen molar-refractivity contribution in [3.63, 3.8) is 0 Å². The fourth-order valence-electron chi connectivity index (χ4n) is 3.24. The molecule has 0 fully saturated rings. The Morgan fingerprint density at radius 1 is 1.11 bits per heavy atom. The van der Waals surface area contributed by atoms with Crippen molar-refractivity contribution in [3.8, 4) is 0 Å². The van der Waals surface area contributed by atoms with E-state index in [1.807, 2.05) is 12.5 Å². The van der Waals surface area contributed by atoms with E-state index >= 15 is 0 Å². The summed E-state index contributed by atoms with van der Waals surface area (Å²) in [6.45, 7) is 2.25. The number of unbranched alkanes of at least 4 members (excludes halogenated alkanes) is 8. The Kier molecular flexibility index (Phi) is 13.9. The second-order valence-corrected chi connectivity index (χ2v) is 7.13. The number of carbonyl (C=O) groups is 1. The van der Waals surface area contributed by atoms with Gasteiger partial charge in [-0.15, -0.1) is 0 Å². The third-order valence-corrected chi connectivity index (χ3v) is 4.85. The summed E-state index contributed by atoms with van der Waals surface area (Å²) in [4.78, 5) is 15.3. The molecule has 0 bridgehead atoms. The summed E-state index contributed by atoms with van der Waals surface area (Å²) < 4.78 is 6.73. The largest absolute Gasteiger partial charge is 0.415 e. The van der Waals surface area contributed by atoms with Crippen molar-refractivity contribution in [2.24, 2.45) is 0 Å². The van der Waals surface area contributed by atoms with Crippen LogP contribution in [0.25, 0.3) is 0 Å². The minimum atomic E-state index is -0.296. The maximum atomic E-state index is 11.1. The Balaban J connectivity index is 2.10. The SMILES string of the molecule is CCCCCC[C@@H](C/C=C\CCCCCCCC(=O)OC=N)n1ccnc1. The van der Waals surface area contributed by atoms with Gasteiger partial charge in [0.05, 0.1) is 6.33 Å². The predicted octanol–water partition coefficient (Wildman–Crippen LogP) is 6.22.